The summed E-state index contributed by atoms with van der Waals surface area (Å²) in [6, 6.07) is 9.90. The Balaban J connectivity index is 1.72. The number of carboxylic acids is 1. The Hall–Kier alpha value is -2.30. The van der Waals surface area contributed by atoms with Crippen LogP contribution in [0.5, 0.6) is 0 Å². The lowest BCUT2D eigenvalue weighted by atomic mass is 9.98. The van der Waals surface area contributed by atoms with Crippen LogP contribution in [0.3, 0.4) is 0 Å². The van der Waals surface area contributed by atoms with E-state index in [1.165, 1.54) is 0 Å². The van der Waals surface area contributed by atoms with Gasteiger partial charge in [-0.15, -0.1) is 0 Å². The van der Waals surface area contributed by atoms with Crippen LogP contribution in [-0.2, 0) is 16.1 Å². The van der Waals surface area contributed by atoms with E-state index in [9.17, 15) is 9.59 Å². The normalized spacial score (nSPS) is 18.9. The number of rotatable bonds is 3. The van der Waals surface area contributed by atoms with Gasteiger partial charge in [-0.2, -0.15) is 0 Å². The molecule has 1 atom stereocenters. The fourth-order valence-corrected chi connectivity index (χ4v) is 2.93. The van der Waals surface area contributed by atoms with Crippen molar-refractivity contribution in [3.8, 4) is 0 Å². The molecular formula is C16H18N2O3. The van der Waals surface area contributed by atoms with Gasteiger partial charge in [0.1, 0.15) is 6.54 Å². The Kier molecular flexibility index (Phi) is 3.64. The van der Waals surface area contributed by atoms with E-state index < -0.39 is 11.9 Å². The lowest BCUT2D eigenvalue weighted by Crippen LogP contribution is -2.43. The van der Waals surface area contributed by atoms with Crippen LogP contribution >= 0.6 is 0 Å². The van der Waals surface area contributed by atoms with Crippen LogP contribution < -0.4 is 0 Å². The second-order valence-corrected chi connectivity index (χ2v) is 5.52. The molecule has 0 saturated carbocycles. The highest BCUT2D eigenvalue weighted by Gasteiger charge is 2.28. The van der Waals surface area contributed by atoms with Crippen molar-refractivity contribution in [1.29, 1.82) is 0 Å². The van der Waals surface area contributed by atoms with Gasteiger partial charge in [0, 0.05) is 24.8 Å². The first-order valence-corrected chi connectivity index (χ1v) is 7.19. The molecule has 0 aliphatic carbocycles. The first-order chi connectivity index (χ1) is 10.1. The zero-order valence-corrected chi connectivity index (χ0v) is 11.7. The van der Waals surface area contributed by atoms with E-state index >= 15 is 0 Å². The van der Waals surface area contributed by atoms with Crippen molar-refractivity contribution >= 4 is 22.8 Å². The average molecular weight is 286 g/mol. The highest BCUT2D eigenvalue weighted by atomic mass is 16.4. The molecule has 1 N–H and O–H groups in total. The SMILES string of the molecule is O=C(O)C1CCCN(C(=O)Cn2ccc3ccccc32)C1. The molecule has 0 bridgehead atoms. The van der Waals surface area contributed by atoms with Gasteiger partial charge in [0.2, 0.25) is 5.91 Å². The number of fused-ring (bicyclic) bond motifs is 1. The number of carbonyl (C=O) groups is 2. The summed E-state index contributed by atoms with van der Waals surface area (Å²) in [6.45, 7) is 1.25. The minimum atomic E-state index is -0.807. The molecule has 1 saturated heterocycles. The van der Waals surface area contributed by atoms with Gasteiger partial charge in [-0.05, 0) is 30.4 Å². The minimum absolute atomic E-state index is 0.0118. The number of aliphatic carboxylic acids is 1. The quantitative estimate of drug-likeness (QED) is 0.938. The summed E-state index contributed by atoms with van der Waals surface area (Å²) in [7, 11) is 0. The number of carboxylic acid groups (broad SMARTS) is 1. The summed E-state index contributed by atoms with van der Waals surface area (Å²) in [5.74, 6) is -1.25. The van der Waals surface area contributed by atoms with E-state index in [0.29, 0.717) is 19.5 Å². The number of hydrogen-bond acceptors (Lipinski definition) is 2. The Labute approximate surface area is 122 Å². The smallest absolute Gasteiger partial charge is 0.308 e. The van der Waals surface area contributed by atoms with E-state index in [4.69, 9.17) is 5.11 Å². The number of aromatic nitrogens is 1. The highest BCUT2D eigenvalue weighted by Crippen LogP contribution is 2.19. The standard InChI is InChI=1S/C16H18N2O3/c19-15(18-8-3-5-13(10-18)16(20)21)11-17-9-7-12-4-1-2-6-14(12)17/h1-2,4,6-7,9,13H,3,5,8,10-11H2,(H,20,21). The molecule has 1 fully saturated rings. The van der Waals surface area contributed by atoms with Crippen molar-refractivity contribution in [2.24, 2.45) is 5.92 Å². The van der Waals surface area contributed by atoms with Crippen molar-refractivity contribution in [1.82, 2.24) is 9.47 Å². The third-order valence-corrected chi connectivity index (χ3v) is 4.11. The van der Waals surface area contributed by atoms with Crippen molar-refractivity contribution in [3.05, 3.63) is 36.5 Å². The largest absolute Gasteiger partial charge is 0.481 e. The number of para-hydroxylation sites is 1. The van der Waals surface area contributed by atoms with E-state index in [2.05, 4.69) is 0 Å². The molecule has 5 nitrogen and oxygen atoms in total. The first kappa shape index (κ1) is 13.7. The molecule has 0 spiro atoms. The van der Waals surface area contributed by atoms with Gasteiger partial charge in [0.25, 0.3) is 0 Å². The summed E-state index contributed by atoms with van der Waals surface area (Å²) >= 11 is 0. The summed E-state index contributed by atoms with van der Waals surface area (Å²) in [5.41, 5.74) is 1.03. The predicted octanol–water partition coefficient (Wildman–Crippen LogP) is 1.96. The number of nitrogens with zero attached hydrogens (tertiary/aromatic N) is 2. The lowest BCUT2D eigenvalue weighted by molar-refractivity contribution is -0.145. The Morgan fingerprint density at radius 2 is 2.05 bits per heavy atom. The van der Waals surface area contributed by atoms with Gasteiger partial charge in [0.05, 0.1) is 5.92 Å². The number of piperidine rings is 1. The molecule has 1 amide bonds. The molecule has 0 radical (unpaired) electrons. The number of benzene rings is 1. The van der Waals surface area contributed by atoms with Crippen molar-refractivity contribution in [2.75, 3.05) is 13.1 Å². The van der Waals surface area contributed by atoms with E-state index in [1.807, 2.05) is 41.1 Å². The first-order valence-electron chi connectivity index (χ1n) is 7.19. The molecule has 2 heterocycles. The third kappa shape index (κ3) is 2.77. The topological polar surface area (TPSA) is 62.5 Å². The number of amides is 1. The van der Waals surface area contributed by atoms with Crippen LogP contribution in [0.4, 0.5) is 0 Å². The number of carbonyl (C=O) groups excluding carboxylic acids is 1. The van der Waals surface area contributed by atoms with Gasteiger partial charge < -0.3 is 14.6 Å². The molecule has 1 unspecified atom stereocenters. The predicted molar refractivity (Wildman–Crippen MR) is 78.9 cm³/mol. The van der Waals surface area contributed by atoms with Gasteiger partial charge in [0.15, 0.2) is 0 Å². The summed E-state index contributed by atoms with van der Waals surface area (Å²) in [4.78, 5) is 25.1. The zero-order valence-electron chi connectivity index (χ0n) is 11.7. The van der Waals surface area contributed by atoms with Gasteiger partial charge >= 0.3 is 5.97 Å². The van der Waals surface area contributed by atoms with Crippen LogP contribution in [-0.4, -0.2) is 39.5 Å². The van der Waals surface area contributed by atoms with E-state index in [1.54, 1.807) is 4.90 Å². The van der Waals surface area contributed by atoms with Crippen LogP contribution in [0.15, 0.2) is 36.5 Å². The average Bonchev–Trinajstić information content (AvgIpc) is 2.91. The lowest BCUT2D eigenvalue weighted by Gasteiger charge is -2.30. The van der Waals surface area contributed by atoms with Gasteiger partial charge in [-0.25, -0.2) is 0 Å². The third-order valence-electron chi connectivity index (χ3n) is 4.11. The van der Waals surface area contributed by atoms with Crippen molar-refractivity contribution < 1.29 is 14.7 Å². The Morgan fingerprint density at radius 3 is 2.86 bits per heavy atom. The summed E-state index contributed by atoms with van der Waals surface area (Å²) in [5, 5.41) is 10.2. The molecule has 21 heavy (non-hydrogen) atoms. The van der Waals surface area contributed by atoms with Gasteiger partial charge in [-0.3, -0.25) is 9.59 Å². The zero-order chi connectivity index (χ0) is 14.8. The van der Waals surface area contributed by atoms with Crippen LogP contribution in [0.1, 0.15) is 12.8 Å². The number of hydrogen-bond donors (Lipinski definition) is 1. The second kappa shape index (κ2) is 5.60. The molecule has 110 valence electrons. The van der Waals surface area contributed by atoms with Crippen LogP contribution in [0.2, 0.25) is 0 Å². The fraction of sp³-hybridized carbons (Fsp3) is 0.375. The Bertz CT molecular complexity index is 677. The van der Waals surface area contributed by atoms with Crippen LogP contribution in [0.25, 0.3) is 10.9 Å². The maximum atomic E-state index is 12.4. The maximum Gasteiger partial charge on any atom is 0.308 e. The monoisotopic (exact) mass is 286 g/mol. The van der Waals surface area contributed by atoms with Crippen LogP contribution in [0, 0.1) is 5.92 Å². The molecular weight excluding hydrogens is 268 g/mol. The highest BCUT2D eigenvalue weighted by molar-refractivity contribution is 5.83. The molecule has 1 aromatic heterocycles. The fourth-order valence-electron chi connectivity index (χ4n) is 2.93. The molecule has 1 aliphatic heterocycles. The maximum absolute atomic E-state index is 12.4. The van der Waals surface area contributed by atoms with Gasteiger partial charge in [-0.1, -0.05) is 18.2 Å². The molecule has 5 heteroatoms. The van der Waals surface area contributed by atoms with Crippen molar-refractivity contribution in [3.63, 3.8) is 0 Å². The number of likely N-dealkylation sites (tertiary alicyclic amines) is 1. The molecule has 1 aliphatic rings. The molecule has 1 aromatic carbocycles. The van der Waals surface area contributed by atoms with E-state index in [-0.39, 0.29) is 12.5 Å². The summed E-state index contributed by atoms with van der Waals surface area (Å²) in [6.07, 6.45) is 3.32. The second-order valence-electron chi connectivity index (χ2n) is 5.52. The van der Waals surface area contributed by atoms with Crippen molar-refractivity contribution in [2.45, 2.75) is 19.4 Å². The van der Waals surface area contributed by atoms with E-state index in [0.717, 1.165) is 17.3 Å². The summed E-state index contributed by atoms with van der Waals surface area (Å²) < 4.78 is 1.92. The Morgan fingerprint density at radius 1 is 1.24 bits per heavy atom. The minimum Gasteiger partial charge on any atom is -0.481 e. The molecule has 2 aromatic rings. The molecule has 3 rings (SSSR count).